The smallest absolute Gasteiger partial charge is 0.220 e. The topological polar surface area (TPSA) is 71.3 Å². The number of nitrogens with one attached hydrogen (secondary N) is 1. The van der Waals surface area contributed by atoms with Crippen LogP contribution in [0.1, 0.15) is 37.2 Å². The Bertz CT molecular complexity index is 734. The molecule has 0 aliphatic carbocycles. The van der Waals surface area contributed by atoms with E-state index in [2.05, 4.69) is 20.2 Å². The number of thioether (sulfide) groups is 1. The third-order valence-electron chi connectivity index (χ3n) is 4.68. The number of anilines is 1. The van der Waals surface area contributed by atoms with Gasteiger partial charge in [0.05, 0.1) is 6.54 Å². The fourth-order valence-corrected chi connectivity index (χ4v) is 3.66. The Morgan fingerprint density at radius 3 is 3.08 bits per heavy atom. The van der Waals surface area contributed by atoms with Gasteiger partial charge in [0.1, 0.15) is 17.3 Å². The van der Waals surface area contributed by atoms with Crippen molar-refractivity contribution in [3.63, 3.8) is 0 Å². The zero-order valence-corrected chi connectivity index (χ0v) is 16.2. The minimum atomic E-state index is 0.0860. The molecule has 1 N–H and O–H groups in total. The monoisotopic (exact) mass is 374 g/mol. The molecule has 2 aromatic heterocycles. The maximum absolute atomic E-state index is 12.1. The van der Waals surface area contributed by atoms with Crippen molar-refractivity contribution in [1.29, 1.82) is 0 Å². The molecular weight excluding hydrogens is 348 g/mol. The van der Waals surface area contributed by atoms with Gasteiger partial charge in [0, 0.05) is 25.7 Å². The molecule has 26 heavy (non-hydrogen) atoms. The normalized spacial score (nSPS) is 17.3. The minimum Gasteiger partial charge on any atom is -0.465 e. The number of furan rings is 1. The van der Waals surface area contributed by atoms with Crippen LogP contribution in [0.5, 0.6) is 0 Å². The van der Waals surface area contributed by atoms with Gasteiger partial charge in [0.2, 0.25) is 5.91 Å². The Morgan fingerprint density at radius 2 is 2.31 bits per heavy atom. The molecule has 1 aliphatic rings. The van der Waals surface area contributed by atoms with Crippen LogP contribution < -0.4 is 10.2 Å². The molecule has 140 valence electrons. The maximum Gasteiger partial charge on any atom is 0.220 e. The molecule has 1 aliphatic heterocycles. The highest BCUT2D eigenvalue weighted by Gasteiger charge is 2.22. The van der Waals surface area contributed by atoms with Crippen LogP contribution in [-0.2, 0) is 11.3 Å². The molecule has 0 spiro atoms. The number of aryl methyl sites for hydroxylation is 1. The average Bonchev–Trinajstić information content (AvgIpc) is 3.10. The Hall–Kier alpha value is -2.02. The zero-order chi connectivity index (χ0) is 18.4. The lowest BCUT2D eigenvalue weighted by atomic mass is 9.93. The van der Waals surface area contributed by atoms with Gasteiger partial charge >= 0.3 is 0 Å². The largest absolute Gasteiger partial charge is 0.465 e. The highest BCUT2D eigenvalue weighted by atomic mass is 32.2. The van der Waals surface area contributed by atoms with Crippen LogP contribution in [0.4, 0.5) is 5.82 Å². The molecule has 1 unspecified atom stereocenters. The zero-order valence-electron chi connectivity index (χ0n) is 15.4. The van der Waals surface area contributed by atoms with Crippen molar-refractivity contribution in [2.45, 2.75) is 44.3 Å². The van der Waals surface area contributed by atoms with Crippen molar-refractivity contribution in [2.75, 3.05) is 24.2 Å². The Balaban J connectivity index is 1.45. The lowest BCUT2D eigenvalue weighted by Gasteiger charge is -2.33. The van der Waals surface area contributed by atoms with E-state index in [0.29, 0.717) is 18.9 Å². The summed E-state index contributed by atoms with van der Waals surface area (Å²) in [5.74, 6) is 3.27. The van der Waals surface area contributed by atoms with Crippen LogP contribution in [0.15, 0.2) is 34.0 Å². The fraction of sp³-hybridized carbons (Fsp3) is 0.526. The lowest BCUT2D eigenvalue weighted by Crippen LogP contribution is -2.36. The van der Waals surface area contributed by atoms with Gasteiger partial charge in [0.25, 0.3) is 0 Å². The van der Waals surface area contributed by atoms with E-state index in [4.69, 9.17) is 4.42 Å². The Morgan fingerprint density at radius 1 is 1.42 bits per heavy atom. The van der Waals surface area contributed by atoms with Crippen molar-refractivity contribution in [3.05, 3.63) is 35.9 Å². The third-order valence-corrected chi connectivity index (χ3v) is 5.24. The number of rotatable bonds is 7. The van der Waals surface area contributed by atoms with E-state index in [1.807, 2.05) is 37.6 Å². The minimum absolute atomic E-state index is 0.0860. The first-order valence-corrected chi connectivity index (χ1v) is 10.3. The summed E-state index contributed by atoms with van der Waals surface area (Å²) in [6, 6.07) is 5.78. The summed E-state index contributed by atoms with van der Waals surface area (Å²) < 4.78 is 5.48. The van der Waals surface area contributed by atoms with E-state index in [1.54, 1.807) is 11.8 Å². The van der Waals surface area contributed by atoms with Crippen LogP contribution in [0, 0.1) is 12.8 Å². The maximum atomic E-state index is 12.1. The predicted molar refractivity (Wildman–Crippen MR) is 103 cm³/mol. The van der Waals surface area contributed by atoms with Crippen molar-refractivity contribution in [3.8, 4) is 0 Å². The number of hydrogen-bond acceptors (Lipinski definition) is 6. The van der Waals surface area contributed by atoms with Crippen LogP contribution in [0.3, 0.4) is 0 Å². The van der Waals surface area contributed by atoms with E-state index in [-0.39, 0.29) is 5.91 Å². The molecule has 1 atom stereocenters. The van der Waals surface area contributed by atoms with E-state index < -0.39 is 0 Å². The molecule has 0 aromatic carbocycles. The summed E-state index contributed by atoms with van der Waals surface area (Å²) in [6.45, 7) is 4.34. The predicted octanol–water partition coefficient (Wildman–Crippen LogP) is 3.41. The standard InChI is InChI=1S/C19H26N4O2S/c1-14-5-7-16(25-14)12-21-18(24)8-6-15-4-3-11-23(13-15)17-9-10-20-19(22-17)26-2/h5,7,9-10,15H,3-4,6,8,11-13H2,1-2H3,(H,21,24). The summed E-state index contributed by atoms with van der Waals surface area (Å²) in [5, 5.41) is 3.74. The second kappa shape index (κ2) is 9.07. The van der Waals surface area contributed by atoms with Crippen LogP contribution >= 0.6 is 11.8 Å². The summed E-state index contributed by atoms with van der Waals surface area (Å²) in [6.07, 6.45) is 7.57. The summed E-state index contributed by atoms with van der Waals surface area (Å²) >= 11 is 1.56. The first kappa shape index (κ1) is 18.8. The third kappa shape index (κ3) is 5.24. The van der Waals surface area contributed by atoms with Crippen LogP contribution in [0.2, 0.25) is 0 Å². The van der Waals surface area contributed by atoms with Gasteiger partial charge in [-0.05, 0) is 56.6 Å². The Labute approximate surface area is 158 Å². The van der Waals surface area contributed by atoms with Crippen molar-refractivity contribution in [1.82, 2.24) is 15.3 Å². The van der Waals surface area contributed by atoms with Crippen LogP contribution in [-0.4, -0.2) is 35.2 Å². The lowest BCUT2D eigenvalue weighted by molar-refractivity contribution is -0.121. The first-order chi connectivity index (χ1) is 12.6. The van der Waals surface area contributed by atoms with E-state index in [1.165, 1.54) is 6.42 Å². The number of carbonyl (C=O) groups excluding carboxylic acids is 1. The van der Waals surface area contributed by atoms with Gasteiger partial charge in [-0.1, -0.05) is 11.8 Å². The van der Waals surface area contributed by atoms with E-state index >= 15 is 0 Å². The average molecular weight is 375 g/mol. The number of piperidine rings is 1. The summed E-state index contributed by atoms with van der Waals surface area (Å²) in [4.78, 5) is 23.3. The first-order valence-electron chi connectivity index (χ1n) is 9.08. The summed E-state index contributed by atoms with van der Waals surface area (Å²) in [7, 11) is 0. The highest BCUT2D eigenvalue weighted by molar-refractivity contribution is 7.98. The van der Waals surface area contributed by atoms with Crippen molar-refractivity contribution >= 4 is 23.5 Å². The second-order valence-corrected chi connectivity index (χ2v) is 7.46. The molecule has 2 aromatic rings. The number of amides is 1. The molecule has 3 rings (SSSR count). The molecule has 1 saturated heterocycles. The Kier molecular flexibility index (Phi) is 6.55. The van der Waals surface area contributed by atoms with E-state index in [0.717, 1.165) is 48.4 Å². The van der Waals surface area contributed by atoms with Gasteiger partial charge in [-0.15, -0.1) is 0 Å². The molecular formula is C19H26N4O2S. The quantitative estimate of drug-likeness (QED) is 0.591. The molecule has 0 bridgehead atoms. The van der Waals surface area contributed by atoms with E-state index in [9.17, 15) is 4.79 Å². The SMILES string of the molecule is CSc1nccc(N2CCCC(CCC(=O)NCc3ccc(C)o3)C2)n1. The number of carbonyl (C=O) groups is 1. The number of hydrogen-bond donors (Lipinski definition) is 1. The van der Waals surface area contributed by atoms with Gasteiger partial charge < -0.3 is 14.6 Å². The molecule has 7 heteroatoms. The molecule has 6 nitrogen and oxygen atoms in total. The number of nitrogens with zero attached hydrogens (tertiary/aromatic N) is 3. The van der Waals surface area contributed by atoms with Gasteiger partial charge in [-0.2, -0.15) is 0 Å². The summed E-state index contributed by atoms with van der Waals surface area (Å²) in [5.41, 5.74) is 0. The van der Waals surface area contributed by atoms with Gasteiger partial charge in [-0.25, -0.2) is 9.97 Å². The second-order valence-electron chi connectivity index (χ2n) is 6.68. The van der Waals surface area contributed by atoms with Crippen LogP contribution in [0.25, 0.3) is 0 Å². The number of aromatic nitrogens is 2. The van der Waals surface area contributed by atoms with Crippen molar-refractivity contribution in [2.24, 2.45) is 5.92 Å². The highest BCUT2D eigenvalue weighted by Crippen LogP contribution is 2.25. The van der Waals surface area contributed by atoms with Gasteiger partial charge in [0.15, 0.2) is 5.16 Å². The van der Waals surface area contributed by atoms with Gasteiger partial charge in [-0.3, -0.25) is 4.79 Å². The molecule has 1 fully saturated rings. The molecule has 3 heterocycles. The van der Waals surface area contributed by atoms with Crippen molar-refractivity contribution < 1.29 is 9.21 Å². The molecule has 1 amide bonds. The molecule has 0 radical (unpaired) electrons. The molecule has 0 saturated carbocycles. The fourth-order valence-electron chi connectivity index (χ4n) is 3.30.